The number of hydrogen-bond acceptors (Lipinski definition) is 2. The van der Waals surface area contributed by atoms with E-state index < -0.39 is 0 Å². The van der Waals surface area contributed by atoms with E-state index in [2.05, 4.69) is 20.8 Å². The van der Waals surface area contributed by atoms with Gasteiger partial charge in [-0.25, -0.2) is 4.39 Å². The van der Waals surface area contributed by atoms with Crippen LogP contribution in [-0.4, -0.2) is 6.61 Å². The molecule has 1 unspecified atom stereocenters. The van der Waals surface area contributed by atoms with E-state index in [0.29, 0.717) is 18.3 Å². The minimum absolute atomic E-state index is 0.0500. The van der Waals surface area contributed by atoms with E-state index in [0.717, 1.165) is 5.56 Å². The maximum Gasteiger partial charge on any atom is 0.165 e. The molecule has 1 atom stereocenters. The molecule has 100 valence electrons. The predicted molar refractivity (Wildman–Crippen MR) is 71.0 cm³/mol. The molecule has 2 N–H and O–H groups in total. The third kappa shape index (κ3) is 3.22. The highest BCUT2D eigenvalue weighted by atomic mass is 19.1. The fourth-order valence-electron chi connectivity index (χ4n) is 1.82. The summed E-state index contributed by atoms with van der Waals surface area (Å²) in [5, 5.41) is 0. The van der Waals surface area contributed by atoms with Crippen molar-refractivity contribution >= 4 is 0 Å². The molecule has 2 rings (SSSR count). The molecule has 0 radical (unpaired) electrons. The van der Waals surface area contributed by atoms with E-state index in [4.69, 9.17) is 10.5 Å². The SMILES string of the molecule is CC(C)(C)C(N)c1ccc(F)c(OCC2CC2)c1. The Morgan fingerprint density at radius 2 is 2.06 bits per heavy atom. The first-order valence-electron chi connectivity index (χ1n) is 6.56. The number of rotatable bonds is 4. The summed E-state index contributed by atoms with van der Waals surface area (Å²) in [6.45, 7) is 6.84. The van der Waals surface area contributed by atoms with Crippen LogP contribution in [0.4, 0.5) is 4.39 Å². The van der Waals surface area contributed by atoms with Crippen molar-refractivity contribution in [3.63, 3.8) is 0 Å². The van der Waals surface area contributed by atoms with Gasteiger partial charge in [0.1, 0.15) is 0 Å². The van der Waals surface area contributed by atoms with Gasteiger partial charge in [-0.15, -0.1) is 0 Å². The van der Waals surface area contributed by atoms with Crippen LogP contribution < -0.4 is 10.5 Å². The van der Waals surface area contributed by atoms with Gasteiger partial charge < -0.3 is 10.5 Å². The van der Waals surface area contributed by atoms with Crippen LogP contribution in [0.3, 0.4) is 0 Å². The molecular formula is C15H22FNO. The molecule has 2 nitrogen and oxygen atoms in total. The Balaban J connectivity index is 2.14. The zero-order chi connectivity index (χ0) is 13.3. The lowest BCUT2D eigenvalue weighted by atomic mass is 9.83. The van der Waals surface area contributed by atoms with Gasteiger partial charge in [0.2, 0.25) is 0 Å². The average molecular weight is 251 g/mol. The topological polar surface area (TPSA) is 35.2 Å². The Bertz CT molecular complexity index is 421. The van der Waals surface area contributed by atoms with Crippen molar-refractivity contribution in [2.75, 3.05) is 6.61 Å². The third-order valence-electron chi connectivity index (χ3n) is 3.42. The van der Waals surface area contributed by atoms with Gasteiger partial charge in [-0.3, -0.25) is 0 Å². The summed E-state index contributed by atoms with van der Waals surface area (Å²) in [5.74, 6) is 0.643. The summed E-state index contributed by atoms with van der Waals surface area (Å²) in [4.78, 5) is 0. The summed E-state index contributed by atoms with van der Waals surface area (Å²) in [6, 6.07) is 4.81. The van der Waals surface area contributed by atoms with E-state index in [-0.39, 0.29) is 17.3 Å². The first-order valence-corrected chi connectivity index (χ1v) is 6.56. The molecule has 0 saturated heterocycles. The molecule has 0 bridgehead atoms. The lowest BCUT2D eigenvalue weighted by Gasteiger charge is -2.27. The third-order valence-corrected chi connectivity index (χ3v) is 3.42. The van der Waals surface area contributed by atoms with Gasteiger partial charge in [0.25, 0.3) is 0 Å². The highest BCUT2D eigenvalue weighted by Gasteiger charge is 2.25. The van der Waals surface area contributed by atoms with Gasteiger partial charge in [0.15, 0.2) is 11.6 Å². The smallest absolute Gasteiger partial charge is 0.165 e. The van der Waals surface area contributed by atoms with Crippen LogP contribution >= 0.6 is 0 Å². The molecular weight excluding hydrogens is 229 g/mol. The van der Waals surface area contributed by atoms with Gasteiger partial charge in [-0.1, -0.05) is 26.8 Å². The maximum atomic E-state index is 13.6. The number of ether oxygens (including phenoxy) is 1. The Morgan fingerprint density at radius 3 is 2.61 bits per heavy atom. The standard InChI is InChI=1S/C15H22FNO/c1-15(2,3)14(17)11-6-7-12(16)13(8-11)18-9-10-4-5-10/h6-8,10,14H,4-5,9,17H2,1-3H3. The summed E-state index contributed by atoms with van der Waals surface area (Å²) in [7, 11) is 0. The van der Waals surface area contributed by atoms with E-state index in [1.54, 1.807) is 12.1 Å². The molecule has 1 aromatic carbocycles. The van der Waals surface area contributed by atoms with Gasteiger partial charge in [-0.2, -0.15) is 0 Å². The van der Waals surface area contributed by atoms with E-state index in [9.17, 15) is 4.39 Å². The second-order valence-corrected chi connectivity index (χ2v) is 6.29. The molecule has 1 aliphatic carbocycles. The molecule has 1 saturated carbocycles. The molecule has 1 aliphatic rings. The maximum absolute atomic E-state index is 13.6. The monoisotopic (exact) mass is 251 g/mol. The van der Waals surface area contributed by atoms with Gasteiger partial charge in [-0.05, 0) is 41.9 Å². The second-order valence-electron chi connectivity index (χ2n) is 6.29. The van der Waals surface area contributed by atoms with Crippen LogP contribution in [0, 0.1) is 17.2 Å². The number of halogens is 1. The normalized spacial score (nSPS) is 17.6. The summed E-state index contributed by atoms with van der Waals surface area (Å²) < 4.78 is 19.2. The van der Waals surface area contributed by atoms with Gasteiger partial charge in [0, 0.05) is 6.04 Å². The van der Waals surface area contributed by atoms with E-state index >= 15 is 0 Å². The van der Waals surface area contributed by atoms with Crippen molar-refractivity contribution in [3.05, 3.63) is 29.6 Å². The van der Waals surface area contributed by atoms with Gasteiger partial charge >= 0.3 is 0 Å². The average Bonchev–Trinajstić information content (AvgIpc) is 3.10. The zero-order valence-electron chi connectivity index (χ0n) is 11.4. The molecule has 0 amide bonds. The van der Waals surface area contributed by atoms with E-state index in [1.165, 1.54) is 18.9 Å². The van der Waals surface area contributed by atoms with Crippen LogP contribution in [0.15, 0.2) is 18.2 Å². The highest BCUT2D eigenvalue weighted by Crippen LogP contribution is 2.34. The molecule has 0 aromatic heterocycles. The Hall–Kier alpha value is -1.09. The zero-order valence-corrected chi connectivity index (χ0v) is 11.4. The minimum atomic E-state index is -0.305. The lowest BCUT2D eigenvalue weighted by molar-refractivity contribution is 0.282. The molecule has 1 aromatic rings. The second kappa shape index (κ2) is 4.88. The van der Waals surface area contributed by atoms with Crippen molar-refractivity contribution in [2.24, 2.45) is 17.1 Å². The summed E-state index contributed by atoms with van der Waals surface area (Å²) >= 11 is 0. The van der Waals surface area contributed by atoms with Crippen LogP contribution in [0.2, 0.25) is 0 Å². The Labute approximate surface area is 108 Å². The first kappa shape index (κ1) is 13.3. The van der Waals surface area contributed by atoms with Crippen LogP contribution in [0.5, 0.6) is 5.75 Å². The van der Waals surface area contributed by atoms with Crippen LogP contribution in [-0.2, 0) is 0 Å². The van der Waals surface area contributed by atoms with Crippen molar-refractivity contribution in [3.8, 4) is 5.75 Å². The predicted octanol–water partition coefficient (Wildman–Crippen LogP) is 3.66. The fourth-order valence-corrected chi connectivity index (χ4v) is 1.82. The first-order chi connectivity index (χ1) is 8.38. The lowest BCUT2D eigenvalue weighted by Crippen LogP contribution is -2.26. The van der Waals surface area contributed by atoms with Crippen molar-refractivity contribution in [1.82, 2.24) is 0 Å². The number of benzene rings is 1. The number of hydrogen-bond donors (Lipinski definition) is 1. The largest absolute Gasteiger partial charge is 0.490 e. The molecule has 0 spiro atoms. The number of nitrogens with two attached hydrogens (primary N) is 1. The quantitative estimate of drug-likeness (QED) is 0.886. The molecule has 3 heteroatoms. The fraction of sp³-hybridized carbons (Fsp3) is 0.600. The van der Waals surface area contributed by atoms with E-state index in [1.807, 2.05) is 0 Å². The van der Waals surface area contributed by atoms with Crippen molar-refractivity contribution in [2.45, 2.75) is 39.7 Å². The van der Waals surface area contributed by atoms with Crippen LogP contribution in [0.25, 0.3) is 0 Å². The molecule has 18 heavy (non-hydrogen) atoms. The van der Waals surface area contributed by atoms with Gasteiger partial charge in [0.05, 0.1) is 6.61 Å². The van der Waals surface area contributed by atoms with Crippen molar-refractivity contribution < 1.29 is 9.13 Å². The molecule has 1 fully saturated rings. The van der Waals surface area contributed by atoms with Crippen LogP contribution in [0.1, 0.15) is 45.2 Å². The Morgan fingerprint density at radius 1 is 1.39 bits per heavy atom. The van der Waals surface area contributed by atoms with Crippen molar-refractivity contribution in [1.29, 1.82) is 0 Å². The summed E-state index contributed by atoms with van der Waals surface area (Å²) in [5.41, 5.74) is 7.06. The molecule has 0 heterocycles. The Kier molecular flexibility index (Phi) is 3.62. The summed E-state index contributed by atoms with van der Waals surface area (Å²) in [6.07, 6.45) is 2.39. The highest BCUT2D eigenvalue weighted by molar-refractivity contribution is 5.32. The minimum Gasteiger partial charge on any atom is -0.490 e. The molecule has 0 aliphatic heterocycles.